The second-order valence-corrected chi connectivity index (χ2v) is 6.92. The lowest BCUT2D eigenvalue weighted by Gasteiger charge is -2.41. The van der Waals surface area contributed by atoms with E-state index in [4.69, 9.17) is 0 Å². The molecule has 0 bridgehead atoms. The fourth-order valence-corrected chi connectivity index (χ4v) is 3.49. The molecule has 4 aromatic rings. The van der Waals surface area contributed by atoms with Crippen molar-refractivity contribution < 1.29 is 5.11 Å². The average molecular weight is 335 g/mol. The summed E-state index contributed by atoms with van der Waals surface area (Å²) >= 11 is 0. The summed E-state index contributed by atoms with van der Waals surface area (Å²) in [6.07, 6.45) is 8.85. The van der Waals surface area contributed by atoms with Crippen LogP contribution >= 0.6 is 0 Å². The van der Waals surface area contributed by atoms with Crippen molar-refractivity contribution in [1.29, 1.82) is 0 Å². The topological polar surface area (TPSA) is 104 Å². The predicted octanol–water partition coefficient (Wildman–Crippen LogP) is 1.99. The summed E-state index contributed by atoms with van der Waals surface area (Å²) in [5.74, 6) is 0.579. The van der Waals surface area contributed by atoms with E-state index >= 15 is 0 Å². The Morgan fingerprint density at radius 1 is 1.36 bits per heavy atom. The van der Waals surface area contributed by atoms with Crippen LogP contribution < -0.4 is 5.32 Å². The van der Waals surface area contributed by atoms with E-state index in [1.54, 1.807) is 6.33 Å². The molecule has 0 saturated heterocycles. The second kappa shape index (κ2) is 5.00. The van der Waals surface area contributed by atoms with Gasteiger partial charge in [-0.25, -0.2) is 4.98 Å². The minimum Gasteiger partial charge on any atom is -0.390 e. The van der Waals surface area contributed by atoms with Crippen molar-refractivity contribution in [2.24, 2.45) is 0 Å². The van der Waals surface area contributed by atoms with E-state index in [2.05, 4.69) is 30.5 Å². The molecule has 0 aliphatic heterocycles. The van der Waals surface area contributed by atoms with E-state index in [1.165, 1.54) is 0 Å². The van der Waals surface area contributed by atoms with Gasteiger partial charge >= 0.3 is 0 Å². The van der Waals surface area contributed by atoms with Crippen molar-refractivity contribution in [3.05, 3.63) is 37.1 Å². The lowest BCUT2D eigenvalue weighted by Crippen LogP contribution is -2.48. The molecule has 4 aromatic heterocycles. The lowest BCUT2D eigenvalue weighted by atomic mass is 9.77. The van der Waals surface area contributed by atoms with Gasteiger partial charge in [0.15, 0.2) is 5.65 Å². The molecular weight excluding hydrogens is 318 g/mol. The van der Waals surface area contributed by atoms with Crippen molar-refractivity contribution in [3.63, 3.8) is 0 Å². The molecule has 0 atom stereocenters. The van der Waals surface area contributed by atoms with Crippen LogP contribution in [0.15, 0.2) is 37.1 Å². The van der Waals surface area contributed by atoms with Gasteiger partial charge in [0, 0.05) is 41.1 Å². The molecule has 0 amide bonds. The minimum absolute atomic E-state index is 0.220. The van der Waals surface area contributed by atoms with Crippen molar-refractivity contribution in [3.8, 4) is 11.1 Å². The third kappa shape index (κ3) is 2.42. The SMILES string of the molecule is CC1(O)CC(Nc2ncc3c(-c4ccc5nncn5c4)c[nH]c3n2)C1. The summed E-state index contributed by atoms with van der Waals surface area (Å²) in [5.41, 5.74) is 3.09. The summed E-state index contributed by atoms with van der Waals surface area (Å²) in [4.78, 5) is 12.2. The molecular formula is C17H17N7O. The third-order valence-corrected chi connectivity index (χ3v) is 4.74. The molecule has 0 radical (unpaired) electrons. The van der Waals surface area contributed by atoms with Crippen LogP contribution in [-0.2, 0) is 0 Å². The number of pyridine rings is 1. The highest BCUT2D eigenvalue weighted by molar-refractivity contribution is 5.93. The fourth-order valence-electron chi connectivity index (χ4n) is 3.49. The van der Waals surface area contributed by atoms with Gasteiger partial charge in [0.1, 0.15) is 12.0 Å². The van der Waals surface area contributed by atoms with Gasteiger partial charge in [-0.1, -0.05) is 0 Å². The Bertz CT molecular complexity index is 1070. The van der Waals surface area contributed by atoms with Crippen LogP contribution in [0, 0.1) is 0 Å². The number of nitrogens with zero attached hydrogens (tertiary/aromatic N) is 5. The van der Waals surface area contributed by atoms with Gasteiger partial charge in [-0.15, -0.1) is 10.2 Å². The zero-order valence-corrected chi connectivity index (χ0v) is 13.6. The molecule has 25 heavy (non-hydrogen) atoms. The number of aromatic amines is 1. The number of aromatic nitrogens is 6. The molecule has 3 N–H and O–H groups in total. The zero-order valence-electron chi connectivity index (χ0n) is 13.6. The standard InChI is InChI=1S/C17H17N7O/c1-17(25)4-11(5-17)21-16-19-7-13-12(6-18-15(13)22-16)10-2-3-14-23-20-9-24(14)8-10/h2-3,6-9,11,25H,4-5H2,1H3,(H2,18,19,21,22). The Balaban J connectivity index is 1.46. The summed E-state index contributed by atoms with van der Waals surface area (Å²) in [7, 11) is 0. The van der Waals surface area contributed by atoms with E-state index in [1.807, 2.05) is 42.0 Å². The van der Waals surface area contributed by atoms with Crippen molar-refractivity contribution in [2.75, 3.05) is 5.32 Å². The lowest BCUT2D eigenvalue weighted by molar-refractivity contribution is -0.0235. The van der Waals surface area contributed by atoms with Crippen LogP contribution in [-0.4, -0.2) is 46.3 Å². The van der Waals surface area contributed by atoms with E-state index in [0.29, 0.717) is 18.8 Å². The van der Waals surface area contributed by atoms with Crippen molar-refractivity contribution in [2.45, 2.75) is 31.4 Å². The Kier molecular flexibility index (Phi) is 2.87. The average Bonchev–Trinajstić information content (AvgIpc) is 3.18. The van der Waals surface area contributed by atoms with E-state index in [0.717, 1.165) is 27.8 Å². The van der Waals surface area contributed by atoms with Gasteiger partial charge < -0.3 is 15.4 Å². The largest absolute Gasteiger partial charge is 0.390 e. The van der Waals surface area contributed by atoms with Crippen molar-refractivity contribution >= 4 is 22.6 Å². The number of aliphatic hydroxyl groups is 1. The summed E-state index contributed by atoms with van der Waals surface area (Å²) in [6.45, 7) is 1.85. The van der Waals surface area contributed by atoms with E-state index < -0.39 is 5.60 Å². The maximum absolute atomic E-state index is 9.82. The smallest absolute Gasteiger partial charge is 0.224 e. The van der Waals surface area contributed by atoms with Crippen LogP contribution in [0.1, 0.15) is 19.8 Å². The Labute approximate surface area is 143 Å². The quantitative estimate of drug-likeness (QED) is 0.529. The number of anilines is 1. The number of fused-ring (bicyclic) bond motifs is 2. The number of hydrogen-bond acceptors (Lipinski definition) is 6. The van der Waals surface area contributed by atoms with Crippen LogP contribution in [0.25, 0.3) is 27.8 Å². The number of hydrogen-bond donors (Lipinski definition) is 3. The van der Waals surface area contributed by atoms with Crippen LogP contribution in [0.5, 0.6) is 0 Å². The molecule has 126 valence electrons. The Morgan fingerprint density at radius 3 is 3.08 bits per heavy atom. The van der Waals surface area contributed by atoms with Gasteiger partial charge in [-0.3, -0.25) is 4.40 Å². The highest BCUT2D eigenvalue weighted by Crippen LogP contribution is 2.33. The van der Waals surface area contributed by atoms with Crippen molar-refractivity contribution in [1.82, 2.24) is 29.5 Å². The maximum Gasteiger partial charge on any atom is 0.224 e. The highest BCUT2D eigenvalue weighted by Gasteiger charge is 2.38. The molecule has 8 nitrogen and oxygen atoms in total. The van der Waals surface area contributed by atoms with Gasteiger partial charge in [0.25, 0.3) is 0 Å². The summed E-state index contributed by atoms with van der Waals surface area (Å²) < 4.78 is 1.88. The fraction of sp³-hybridized carbons (Fsp3) is 0.294. The molecule has 0 spiro atoms. The monoisotopic (exact) mass is 335 g/mol. The van der Waals surface area contributed by atoms with Crippen LogP contribution in [0.3, 0.4) is 0 Å². The third-order valence-electron chi connectivity index (χ3n) is 4.74. The molecule has 1 aliphatic rings. The molecule has 4 heterocycles. The summed E-state index contributed by atoms with van der Waals surface area (Å²) in [5, 5.41) is 22.0. The Hall–Kier alpha value is -3.00. The first kappa shape index (κ1) is 14.4. The highest BCUT2D eigenvalue weighted by atomic mass is 16.3. The minimum atomic E-state index is -0.567. The van der Waals surface area contributed by atoms with Crippen LogP contribution in [0.4, 0.5) is 5.95 Å². The molecule has 0 unspecified atom stereocenters. The van der Waals surface area contributed by atoms with Gasteiger partial charge in [0.2, 0.25) is 5.95 Å². The van der Waals surface area contributed by atoms with E-state index in [-0.39, 0.29) is 6.04 Å². The van der Waals surface area contributed by atoms with E-state index in [9.17, 15) is 5.11 Å². The second-order valence-electron chi connectivity index (χ2n) is 6.92. The molecule has 8 heteroatoms. The van der Waals surface area contributed by atoms with Gasteiger partial charge in [-0.2, -0.15) is 4.98 Å². The molecule has 5 rings (SSSR count). The Morgan fingerprint density at radius 2 is 2.24 bits per heavy atom. The van der Waals surface area contributed by atoms with Gasteiger partial charge in [0.05, 0.1) is 5.60 Å². The molecule has 1 saturated carbocycles. The normalized spacial score (nSPS) is 23.0. The molecule has 0 aromatic carbocycles. The first-order chi connectivity index (χ1) is 12.1. The molecule has 1 aliphatic carbocycles. The predicted molar refractivity (Wildman–Crippen MR) is 93.1 cm³/mol. The number of H-pyrrole nitrogens is 1. The van der Waals surface area contributed by atoms with Crippen LogP contribution in [0.2, 0.25) is 0 Å². The number of rotatable bonds is 3. The first-order valence-corrected chi connectivity index (χ1v) is 8.20. The van der Waals surface area contributed by atoms with Gasteiger partial charge in [-0.05, 0) is 31.9 Å². The molecule has 1 fully saturated rings. The zero-order chi connectivity index (χ0) is 17.0. The number of nitrogens with one attached hydrogen (secondary N) is 2. The first-order valence-electron chi connectivity index (χ1n) is 8.20. The maximum atomic E-state index is 9.82. The summed E-state index contributed by atoms with van der Waals surface area (Å²) in [6, 6.07) is 4.16.